The molecule has 0 bridgehead atoms. The molecule has 2 heterocycles. The van der Waals surface area contributed by atoms with E-state index < -0.39 is 0 Å². The lowest BCUT2D eigenvalue weighted by atomic mass is 9.95. The van der Waals surface area contributed by atoms with Gasteiger partial charge >= 0.3 is 0 Å². The van der Waals surface area contributed by atoms with Gasteiger partial charge in [0.05, 0.1) is 5.52 Å². The molecule has 0 saturated heterocycles. The SMILES string of the molecule is c1ccc2c(-c3ccc4sc5c(c4c3)c3ccccc3c3[nH]c4ccccc4c35)cccc2c1. The van der Waals surface area contributed by atoms with Crippen molar-refractivity contribution < 1.29 is 0 Å². The molecule has 1 N–H and O–H groups in total. The van der Waals surface area contributed by atoms with Crippen LogP contribution in [0.2, 0.25) is 0 Å². The lowest BCUT2D eigenvalue weighted by Gasteiger charge is -2.08. The number of thiophene rings is 1. The van der Waals surface area contributed by atoms with E-state index in [1.807, 2.05) is 11.3 Å². The minimum absolute atomic E-state index is 1.20. The Hall–Kier alpha value is -4.14. The highest BCUT2D eigenvalue weighted by Gasteiger charge is 2.18. The fraction of sp³-hybridized carbons (Fsp3) is 0. The van der Waals surface area contributed by atoms with Crippen molar-refractivity contribution in [1.82, 2.24) is 4.98 Å². The highest BCUT2D eigenvalue weighted by molar-refractivity contribution is 7.27. The van der Waals surface area contributed by atoms with Gasteiger partial charge in [-0.25, -0.2) is 0 Å². The van der Waals surface area contributed by atoms with Gasteiger partial charge < -0.3 is 4.98 Å². The molecule has 0 radical (unpaired) electrons. The monoisotopic (exact) mass is 449 g/mol. The van der Waals surface area contributed by atoms with Crippen molar-refractivity contribution >= 4 is 74.9 Å². The van der Waals surface area contributed by atoms with Crippen LogP contribution in [0.15, 0.2) is 109 Å². The van der Waals surface area contributed by atoms with Gasteiger partial charge in [0.25, 0.3) is 0 Å². The molecule has 0 saturated carbocycles. The minimum Gasteiger partial charge on any atom is -0.354 e. The summed E-state index contributed by atoms with van der Waals surface area (Å²) in [6.45, 7) is 0. The van der Waals surface area contributed by atoms with Crippen LogP contribution in [-0.4, -0.2) is 4.98 Å². The second kappa shape index (κ2) is 6.69. The van der Waals surface area contributed by atoms with Crippen LogP contribution in [0.1, 0.15) is 0 Å². The van der Waals surface area contributed by atoms with Crippen molar-refractivity contribution in [3.8, 4) is 11.1 Å². The van der Waals surface area contributed by atoms with E-state index in [1.165, 1.54) is 74.6 Å². The number of rotatable bonds is 1. The Labute approximate surface area is 199 Å². The molecule has 0 fully saturated rings. The highest BCUT2D eigenvalue weighted by Crippen LogP contribution is 2.47. The molecule has 8 aromatic rings. The molecule has 8 rings (SSSR count). The van der Waals surface area contributed by atoms with Crippen molar-refractivity contribution in [3.05, 3.63) is 109 Å². The maximum atomic E-state index is 3.72. The van der Waals surface area contributed by atoms with Crippen LogP contribution in [-0.2, 0) is 0 Å². The van der Waals surface area contributed by atoms with Gasteiger partial charge in [-0.1, -0.05) is 91.0 Å². The fourth-order valence-electron chi connectivity index (χ4n) is 5.68. The van der Waals surface area contributed by atoms with Crippen LogP contribution in [0.25, 0.3) is 74.6 Å². The normalized spacial score (nSPS) is 12.1. The average Bonchev–Trinajstić information content (AvgIpc) is 3.47. The number of nitrogens with one attached hydrogen (secondary N) is 1. The lowest BCUT2D eigenvalue weighted by molar-refractivity contribution is 1.57. The summed E-state index contributed by atoms with van der Waals surface area (Å²) in [6, 6.07) is 39.8. The smallest absolute Gasteiger partial charge is 0.0559 e. The molecule has 0 atom stereocenters. The van der Waals surface area contributed by atoms with Crippen molar-refractivity contribution in [2.45, 2.75) is 0 Å². The van der Waals surface area contributed by atoms with E-state index in [-0.39, 0.29) is 0 Å². The van der Waals surface area contributed by atoms with Crippen molar-refractivity contribution in [3.63, 3.8) is 0 Å². The van der Waals surface area contributed by atoms with E-state index in [0.717, 1.165) is 0 Å². The van der Waals surface area contributed by atoms with Gasteiger partial charge in [-0.15, -0.1) is 11.3 Å². The molecular formula is C32H19NS. The fourth-order valence-corrected chi connectivity index (χ4v) is 6.95. The number of hydrogen-bond donors (Lipinski definition) is 1. The van der Waals surface area contributed by atoms with Gasteiger partial charge in [0.15, 0.2) is 0 Å². The van der Waals surface area contributed by atoms with E-state index >= 15 is 0 Å². The minimum atomic E-state index is 1.20. The van der Waals surface area contributed by atoms with E-state index in [1.54, 1.807) is 0 Å². The number of aromatic nitrogens is 1. The first kappa shape index (κ1) is 18.3. The van der Waals surface area contributed by atoms with Gasteiger partial charge in [-0.2, -0.15) is 0 Å². The van der Waals surface area contributed by atoms with Crippen molar-refractivity contribution in [1.29, 1.82) is 0 Å². The van der Waals surface area contributed by atoms with E-state index in [9.17, 15) is 0 Å². The molecule has 2 heteroatoms. The maximum Gasteiger partial charge on any atom is 0.0559 e. The Morgan fingerprint density at radius 1 is 0.529 bits per heavy atom. The van der Waals surface area contributed by atoms with Gasteiger partial charge in [0.2, 0.25) is 0 Å². The first-order chi connectivity index (χ1) is 16.9. The second-order valence-corrected chi connectivity index (χ2v) is 10.1. The highest BCUT2D eigenvalue weighted by atomic mass is 32.1. The van der Waals surface area contributed by atoms with Gasteiger partial charge in [0.1, 0.15) is 0 Å². The molecule has 0 aliphatic carbocycles. The molecule has 0 aliphatic heterocycles. The molecule has 158 valence electrons. The molecule has 0 aliphatic rings. The topological polar surface area (TPSA) is 15.8 Å². The lowest BCUT2D eigenvalue weighted by Crippen LogP contribution is -1.82. The summed E-state index contributed by atoms with van der Waals surface area (Å²) in [6.07, 6.45) is 0. The summed E-state index contributed by atoms with van der Waals surface area (Å²) in [5.41, 5.74) is 5.00. The standard InChI is InChI=1S/C32H19NS/c1-2-10-21-19(8-1)9-7-14-22(21)20-16-17-28-26(18-20)29-23-11-3-4-12-24(23)31-30(32(29)34-28)25-13-5-6-15-27(25)33-31/h1-18,33H. The van der Waals surface area contributed by atoms with Crippen molar-refractivity contribution in [2.24, 2.45) is 0 Å². The Bertz CT molecular complexity index is 2070. The molecule has 0 unspecified atom stereocenters. The van der Waals surface area contributed by atoms with Crippen LogP contribution in [0.5, 0.6) is 0 Å². The molecule has 1 nitrogen and oxygen atoms in total. The van der Waals surface area contributed by atoms with Gasteiger partial charge in [-0.3, -0.25) is 0 Å². The summed E-state index contributed by atoms with van der Waals surface area (Å²) in [4.78, 5) is 3.72. The Kier molecular flexibility index (Phi) is 3.60. The van der Waals surface area contributed by atoms with Crippen LogP contribution in [0.3, 0.4) is 0 Å². The summed E-state index contributed by atoms with van der Waals surface area (Å²) in [5, 5.41) is 10.5. The first-order valence-corrected chi connectivity index (χ1v) is 12.4. The molecule has 0 amide bonds. The second-order valence-electron chi connectivity index (χ2n) is 9.01. The Morgan fingerprint density at radius 3 is 2.18 bits per heavy atom. The summed E-state index contributed by atoms with van der Waals surface area (Å²) < 4.78 is 2.71. The number of para-hydroxylation sites is 1. The summed E-state index contributed by atoms with van der Waals surface area (Å²) >= 11 is 1.91. The Balaban J connectivity index is 1.56. The predicted molar refractivity (Wildman–Crippen MR) is 149 cm³/mol. The first-order valence-electron chi connectivity index (χ1n) is 11.6. The molecular weight excluding hydrogens is 430 g/mol. The van der Waals surface area contributed by atoms with Crippen LogP contribution < -0.4 is 0 Å². The number of aromatic amines is 1. The molecule has 2 aromatic heterocycles. The zero-order valence-electron chi connectivity index (χ0n) is 18.3. The summed E-state index contributed by atoms with van der Waals surface area (Å²) in [5.74, 6) is 0. The maximum absolute atomic E-state index is 3.72. The molecule has 0 spiro atoms. The van der Waals surface area contributed by atoms with Crippen LogP contribution in [0, 0.1) is 0 Å². The average molecular weight is 450 g/mol. The number of benzene rings is 6. The van der Waals surface area contributed by atoms with Crippen LogP contribution >= 0.6 is 11.3 Å². The largest absolute Gasteiger partial charge is 0.354 e. The number of H-pyrrole nitrogens is 1. The predicted octanol–water partition coefficient (Wildman–Crippen LogP) is 9.66. The van der Waals surface area contributed by atoms with Gasteiger partial charge in [0, 0.05) is 41.8 Å². The van der Waals surface area contributed by atoms with E-state index in [0.29, 0.717) is 0 Å². The molecule has 34 heavy (non-hydrogen) atoms. The number of hydrogen-bond acceptors (Lipinski definition) is 1. The third-order valence-electron chi connectivity index (χ3n) is 7.19. The van der Waals surface area contributed by atoms with Crippen molar-refractivity contribution in [2.75, 3.05) is 0 Å². The zero-order chi connectivity index (χ0) is 22.2. The Morgan fingerprint density at radius 2 is 1.26 bits per heavy atom. The van der Waals surface area contributed by atoms with E-state index in [4.69, 9.17) is 0 Å². The third kappa shape index (κ3) is 2.38. The van der Waals surface area contributed by atoms with Crippen LogP contribution in [0.4, 0.5) is 0 Å². The zero-order valence-corrected chi connectivity index (χ0v) is 19.1. The van der Waals surface area contributed by atoms with E-state index in [2.05, 4.69) is 114 Å². The quantitative estimate of drug-likeness (QED) is 0.257. The molecule has 6 aromatic carbocycles. The third-order valence-corrected chi connectivity index (χ3v) is 8.38. The summed E-state index contributed by atoms with van der Waals surface area (Å²) in [7, 11) is 0. The number of fused-ring (bicyclic) bond motifs is 11. The van der Waals surface area contributed by atoms with Gasteiger partial charge in [-0.05, 0) is 45.5 Å².